The van der Waals surface area contributed by atoms with Crippen molar-refractivity contribution in [2.45, 2.75) is 0 Å². The zero-order valence-corrected chi connectivity index (χ0v) is 9.27. The number of H-pyrrole nitrogens is 1. The van der Waals surface area contributed by atoms with Crippen molar-refractivity contribution in [1.82, 2.24) is 4.98 Å². The van der Waals surface area contributed by atoms with Gasteiger partial charge in [-0.3, -0.25) is 9.79 Å². The molecule has 0 atom stereocenters. The maximum absolute atomic E-state index is 13.0. The quantitative estimate of drug-likeness (QED) is 0.806. The van der Waals surface area contributed by atoms with Crippen molar-refractivity contribution in [3.8, 4) is 0 Å². The Morgan fingerprint density at radius 3 is 3.00 bits per heavy atom. The number of pyridine rings is 1. The standard InChI is InChI=1S/C12H9FN4O/c13-7-2-1-3-8(4-7)16-10-5-9-11(15-6-14-9)17-12(10)18/h1-5,16H,6H2,(H,15,17,18). The Bertz CT molecular complexity index is 781. The summed E-state index contributed by atoms with van der Waals surface area (Å²) in [7, 11) is 0. The van der Waals surface area contributed by atoms with Gasteiger partial charge in [0.1, 0.15) is 23.5 Å². The van der Waals surface area contributed by atoms with Crippen LogP contribution in [0.4, 0.5) is 15.8 Å². The third-order valence-electron chi connectivity index (χ3n) is 2.57. The topological polar surface area (TPSA) is 69.6 Å². The van der Waals surface area contributed by atoms with E-state index in [9.17, 15) is 9.18 Å². The second-order valence-electron chi connectivity index (χ2n) is 3.84. The molecule has 0 radical (unpaired) electrons. The number of hydrogen-bond acceptors (Lipinski definition) is 4. The van der Waals surface area contributed by atoms with E-state index in [-0.39, 0.29) is 11.4 Å². The molecular formula is C12H9FN4O. The van der Waals surface area contributed by atoms with Crippen molar-refractivity contribution >= 4 is 11.4 Å². The van der Waals surface area contributed by atoms with Crippen molar-refractivity contribution in [1.29, 1.82) is 0 Å². The lowest BCUT2D eigenvalue weighted by Crippen LogP contribution is -2.33. The molecule has 3 rings (SSSR count). The molecule has 0 bridgehead atoms. The number of fused-ring (bicyclic) bond motifs is 1. The molecule has 1 aliphatic heterocycles. The van der Waals surface area contributed by atoms with Gasteiger partial charge in [0.25, 0.3) is 5.56 Å². The van der Waals surface area contributed by atoms with E-state index >= 15 is 0 Å². The van der Waals surface area contributed by atoms with E-state index in [1.165, 1.54) is 12.1 Å². The molecule has 0 amide bonds. The lowest BCUT2D eigenvalue weighted by atomic mass is 10.3. The Labute approximate surface area is 101 Å². The zero-order valence-electron chi connectivity index (χ0n) is 9.27. The highest BCUT2D eigenvalue weighted by Crippen LogP contribution is 2.12. The number of nitrogens with one attached hydrogen (secondary N) is 2. The van der Waals surface area contributed by atoms with Crippen LogP contribution in [-0.2, 0) is 0 Å². The first-order valence-corrected chi connectivity index (χ1v) is 5.37. The lowest BCUT2D eigenvalue weighted by molar-refractivity contribution is 0.628. The molecule has 2 N–H and O–H groups in total. The summed E-state index contributed by atoms with van der Waals surface area (Å²) in [6.07, 6.45) is 0. The summed E-state index contributed by atoms with van der Waals surface area (Å²) in [6.45, 7) is 0.328. The van der Waals surface area contributed by atoms with Crippen LogP contribution in [0.2, 0.25) is 0 Å². The molecule has 0 aliphatic carbocycles. The Kier molecular flexibility index (Phi) is 2.40. The van der Waals surface area contributed by atoms with Gasteiger partial charge in [0, 0.05) is 5.69 Å². The fourth-order valence-electron chi connectivity index (χ4n) is 1.75. The van der Waals surface area contributed by atoms with Gasteiger partial charge >= 0.3 is 0 Å². The number of hydrogen-bond donors (Lipinski definition) is 2. The fraction of sp³-hybridized carbons (Fsp3) is 0.0833. The molecule has 2 heterocycles. The van der Waals surface area contributed by atoms with Gasteiger partial charge in [0.2, 0.25) is 0 Å². The number of aromatic nitrogens is 1. The summed E-state index contributed by atoms with van der Waals surface area (Å²) in [4.78, 5) is 22.5. The predicted molar refractivity (Wildman–Crippen MR) is 63.9 cm³/mol. The van der Waals surface area contributed by atoms with E-state index < -0.39 is 0 Å². The molecule has 0 spiro atoms. The van der Waals surface area contributed by atoms with Crippen LogP contribution in [0.25, 0.3) is 0 Å². The van der Waals surface area contributed by atoms with Gasteiger partial charge in [-0.25, -0.2) is 9.38 Å². The van der Waals surface area contributed by atoms with Gasteiger partial charge in [0.15, 0.2) is 5.49 Å². The molecule has 0 saturated heterocycles. The van der Waals surface area contributed by atoms with Crippen LogP contribution < -0.4 is 21.7 Å². The minimum absolute atomic E-state index is 0.307. The van der Waals surface area contributed by atoms with E-state index in [0.29, 0.717) is 28.9 Å². The summed E-state index contributed by atoms with van der Waals surface area (Å²) in [6, 6.07) is 7.51. The van der Waals surface area contributed by atoms with Gasteiger partial charge in [-0.05, 0) is 24.3 Å². The van der Waals surface area contributed by atoms with Gasteiger partial charge in [0.05, 0.1) is 0 Å². The molecule has 90 valence electrons. The largest absolute Gasteiger partial charge is 0.351 e. The van der Waals surface area contributed by atoms with E-state index in [1.807, 2.05) is 0 Å². The van der Waals surface area contributed by atoms with Crippen LogP contribution in [0.15, 0.2) is 45.1 Å². The molecule has 0 unspecified atom stereocenters. The minimum atomic E-state index is -0.364. The molecule has 1 aromatic heterocycles. The summed E-state index contributed by atoms with van der Waals surface area (Å²) in [5.41, 5.74) is 1.01. The zero-order chi connectivity index (χ0) is 12.5. The highest BCUT2D eigenvalue weighted by atomic mass is 19.1. The summed E-state index contributed by atoms with van der Waals surface area (Å²) >= 11 is 0. The van der Waals surface area contributed by atoms with Crippen molar-refractivity contribution in [2.24, 2.45) is 9.98 Å². The van der Waals surface area contributed by atoms with E-state index in [1.54, 1.807) is 18.2 Å². The number of aromatic amines is 1. The van der Waals surface area contributed by atoms with Crippen LogP contribution in [0.3, 0.4) is 0 Å². The first kappa shape index (κ1) is 10.6. The Morgan fingerprint density at radius 1 is 1.28 bits per heavy atom. The number of benzene rings is 1. The van der Waals surface area contributed by atoms with Crippen LogP contribution in [0.5, 0.6) is 0 Å². The normalized spacial score (nSPS) is 12.5. The number of rotatable bonds is 2. The van der Waals surface area contributed by atoms with Crippen molar-refractivity contribution in [3.63, 3.8) is 0 Å². The van der Waals surface area contributed by atoms with Gasteiger partial charge in [-0.2, -0.15) is 0 Å². The van der Waals surface area contributed by atoms with Crippen molar-refractivity contribution < 1.29 is 4.39 Å². The molecule has 18 heavy (non-hydrogen) atoms. The van der Waals surface area contributed by atoms with Crippen LogP contribution in [-0.4, -0.2) is 11.7 Å². The molecule has 0 fully saturated rings. The Balaban J connectivity index is 2.05. The Hall–Kier alpha value is -2.50. The van der Waals surface area contributed by atoms with E-state index in [2.05, 4.69) is 20.3 Å². The summed E-state index contributed by atoms with van der Waals surface area (Å²) < 4.78 is 13.0. The maximum Gasteiger partial charge on any atom is 0.273 e. The third-order valence-corrected chi connectivity index (χ3v) is 2.57. The predicted octanol–water partition coefficient (Wildman–Crippen LogP) is 0.468. The van der Waals surface area contributed by atoms with E-state index in [4.69, 9.17) is 0 Å². The van der Waals surface area contributed by atoms with Gasteiger partial charge < -0.3 is 10.3 Å². The second-order valence-corrected chi connectivity index (χ2v) is 3.84. The molecule has 1 aromatic carbocycles. The monoisotopic (exact) mass is 244 g/mol. The molecule has 6 heteroatoms. The molecule has 2 aromatic rings. The minimum Gasteiger partial charge on any atom is -0.351 e. The van der Waals surface area contributed by atoms with Crippen molar-refractivity contribution in [3.05, 3.63) is 57.3 Å². The average Bonchev–Trinajstić information content (AvgIpc) is 2.76. The summed E-state index contributed by atoms with van der Waals surface area (Å²) in [5.74, 6) is -0.364. The first-order chi connectivity index (χ1) is 8.72. The molecule has 5 nitrogen and oxygen atoms in total. The first-order valence-electron chi connectivity index (χ1n) is 5.37. The number of nitrogens with zero attached hydrogens (tertiary/aromatic N) is 2. The second kappa shape index (κ2) is 4.06. The van der Waals surface area contributed by atoms with Crippen LogP contribution >= 0.6 is 0 Å². The average molecular weight is 244 g/mol. The number of halogens is 1. The fourth-order valence-corrected chi connectivity index (χ4v) is 1.75. The summed E-state index contributed by atoms with van der Waals surface area (Å²) in [5, 5.41) is 3.49. The molecule has 0 saturated carbocycles. The SMILES string of the molecule is O=c1[nH]c2c(cc1Nc1cccc(F)c1)=NCN=2. The third kappa shape index (κ3) is 1.88. The highest BCUT2D eigenvalue weighted by molar-refractivity contribution is 5.58. The van der Waals surface area contributed by atoms with Crippen LogP contribution in [0, 0.1) is 5.82 Å². The Morgan fingerprint density at radius 2 is 2.17 bits per heavy atom. The van der Waals surface area contributed by atoms with Crippen LogP contribution in [0.1, 0.15) is 0 Å². The van der Waals surface area contributed by atoms with Crippen molar-refractivity contribution in [2.75, 3.05) is 12.0 Å². The number of anilines is 2. The van der Waals surface area contributed by atoms with Gasteiger partial charge in [-0.1, -0.05) is 6.07 Å². The highest BCUT2D eigenvalue weighted by Gasteiger charge is 2.05. The molecule has 1 aliphatic rings. The smallest absolute Gasteiger partial charge is 0.273 e. The van der Waals surface area contributed by atoms with E-state index in [0.717, 1.165) is 0 Å². The maximum atomic E-state index is 13.0. The van der Waals surface area contributed by atoms with Gasteiger partial charge in [-0.15, -0.1) is 0 Å². The molecular weight excluding hydrogens is 235 g/mol. The lowest BCUT2D eigenvalue weighted by Gasteiger charge is -2.04.